The van der Waals surface area contributed by atoms with Gasteiger partial charge in [-0.05, 0) is 54.0 Å². The van der Waals surface area contributed by atoms with Gasteiger partial charge in [0.25, 0.3) is 0 Å². The van der Waals surface area contributed by atoms with Gasteiger partial charge in [0, 0.05) is 13.1 Å². The monoisotopic (exact) mass is 396 g/mol. The van der Waals surface area contributed by atoms with Gasteiger partial charge < -0.3 is 25.2 Å². The molecule has 0 aromatic heterocycles. The highest BCUT2D eigenvalue weighted by Gasteiger charge is 2.37. The minimum atomic E-state index is -0.721. The second-order valence-electron chi connectivity index (χ2n) is 7.87. The highest BCUT2D eigenvalue weighted by Crippen LogP contribution is 2.39. The summed E-state index contributed by atoms with van der Waals surface area (Å²) in [6.07, 6.45) is 1.39. The van der Waals surface area contributed by atoms with Crippen molar-refractivity contribution in [1.82, 2.24) is 10.6 Å². The average molecular weight is 396 g/mol. The first kappa shape index (κ1) is 19.7. The van der Waals surface area contributed by atoms with Gasteiger partial charge in [-0.1, -0.05) is 36.4 Å². The van der Waals surface area contributed by atoms with Crippen molar-refractivity contribution in [2.45, 2.75) is 50.0 Å². The normalized spacial score (nSPS) is 23.6. The Morgan fingerprint density at radius 1 is 1.10 bits per heavy atom. The van der Waals surface area contributed by atoms with Crippen LogP contribution in [0.4, 0.5) is 4.79 Å². The third kappa shape index (κ3) is 5.08. The third-order valence-corrected chi connectivity index (χ3v) is 5.69. The fourth-order valence-corrected chi connectivity index (χ4v) is 3.80. The molecule has 2 aliphatic rings. The number of alkyl carbamates (subject to hydrolysis) is 1. The molecule has 6 heteroatoms. The number of aliphatic hydroxyl groups is 1. The molecule has 1 unspecified atom stereocenters. The van der Waals surface area contributed by atoms with Crippen molar-refractivity contribution in [2.75, 3.05) is 13.7 Å². The van der Waals surface area contributed by atoms with E-state index >= 15 is 0 Å². The lowest BCUT2D eigenvalue weighted by Crippen LogP contribution is -2.41. The van der Waals surface area contributed by atoms with Gasteiger partial charge in [-0.15, -0.1) is 0 Å². The Balaban J connectivity index is 1.29. The number of hydrogen-bond donors (Lipinski definition) is 3. The van der Waals surface area contributed by atoms with Crippen LogP contribution >= 0.6 is 0 Å². The number of hydrogen-bond acceptors (Lipinski definition) is 5. The van der Waals surface area contributed by atoms with Crippen LogP contribution in [-0.4, -0.2) is 43.1 Å². The predicted octanol–water partition coefficient (Wildman–Crippen LogP) is 2.74. The Bertz CT molecular complexity index is 818. The van der Waals surface area contributed by atoms with Gasteiger partial charge in [0.05, 0.1) is 13.2 Å². The summed E-state index contributed by atoms with van der Waals surface area (Å²) in [7, 11) is 1.63. The highest BCUT2D eigenvalue weighted by atomic mass is 16.6. The van der Waals surface area contributed by atoms with Gasteiger partial charge in [0.15, 0.2) is 0 Å². The molecule has 0 radical (unpaired) electrons. The SMILES string of the molecule is COc1ccc(C[C@H]2NCC(O)[C@H]2OC(=O)NCc2ccc(C3CC3)cc2)cc1. The molecule has 2 aromatic rings. The number of benzene rings is 2. The van der Waals surface area contributed by atoms with E-state index in [9.17, 15) is 9.90 Å². The molecule has 1 aliphatic carbocycles. The fraction of sp³-hybridized carbons (Fsp3) is 0.435. The van der Waals surface area contributed by atoms with Crippen molar-refractivity contribution < 1.29 is 19.4 Å². The molecule has 1 saturated carbocycles. The van der Waals surface area contributed by atoms with Gasteiger partial charge in [0.1, 0.15) is 18.0 Å². The minimum absolute atomic E-state index is 0.137. The van der Waals surface area contributed by atoms with E-state index < -0.39 is 18.3 Å². The standard InChI is InChI=1S/C23H28N2O4/c1-28-19-10-4-15(5-11-19)12-20-22(21(26)14-24-20)29-23(27)25-13-16-2-6-17(7-3-16)18-8-9-18/h2-7,10-11,18,20-22,24,26H,8-9,12-14H2,1H3,(H,25,27)/t20-,21?,22+/m1/s1. The van der Waals surface area contributed by atoms with Crippen molar-refractivity contribution in [3.05, 3.63) is 65.2 Å². The van der Waals surface area contributed by atoms with Crippen LogP contribution in [0.2, 0.25) is 0 Å². The summed E-state index contributed by atoms with van der Waals surface area (Å²) in [6, 6.07) is 16.0. The minimum Gasteiger partial charge on any atom is -0.497 e. The highest BCUT2D eigenvalue weighted by molar-refractivity contribution is 5.67. The maximum Gasteiger partial charge on any atom is 0.407 e. The van der Waals surface area contributed by atoms with Crippen LogP contribution in [0.3, 0.4) is 0 Å². The number of rotatable bonds is 7. The average Bonchev–Trinajstić information content (AvgIpc) is 3.54. The van der Waals surface area contributed by atoms with Crippen molar-refractivity contribution in [1.29, 1.82) is 0 Å². The predicted molar refractivity (Wildman–Crippen MR) is 110 cm³/mol. The zero-order chi connectivity index (χ0) is 20.2. The molecule has 6 nitrogen and oxygen atoms in total. The number of aliphatic hydroxyl groups excluding tert-OH is 1. The fourth-order valence-electron chi connectivity index (χ4n) is 3.80. The Morgan fingerprint density at radius 2 is 1.79 bits per heavy atom. The first-order valence-electron chi connectivity index (χ1n) is 10.2. The molecule has 2 fully saturated rings. The third-order valence-electron chi connectivity index (χ3n) is 5.69. The Kier molecular flexibility index (Phi) is 6.02. The van der Waals surface area contributed by atoms with Crippen LogP contribution < -0.4 is 15.4 Å². The molecule has 1 aliphatic heterocycles. The molecular weight excluding hydrogens is 368 g/mol. The maximum absolute atomic E-state index is 12.3. The van der Waals surface area contributed by atoms with Crippen molar-refractivity contribution >= 4 is 6.09 Å². The molecule has 0 bridgehead atoms. The van der Waals surface area contributed by atoms with E-state index in [0.29, 0.717) is 19.5 Å². The van der Waals surface area contributed by atoms with Crippen LogP contribution in [0.1, 0.15) is 35.4 Å². The molecular formula is C23H28N2O4. The second-order valence-corrected chi connectivity index (χ2v) is 7.87. The van der Waals surface area contributed by atoms with Crippen LogP contribution in [0, 0.1) is 0 Å². The summed E-state index contributed by atoms with van der Waals surface area (Å²) in [4.78, 5) is 12.3. The van der Waals surface area contributed by atoms with Gasteiger partial charge in [-0.2, -0.15) is 0 Å². The second kappa shape index (κ2) is 8.84. The van der Waals surface area contributed by atoms with Crippen molar-refractivity contribution in [2.24, 2.45) is 0 Å². The van der Waals surface area contributed by atoms with Crippen molar-refractivity contribution in [3.63, 3.8) is 0 Å². The van der Waals surface area contributed by atoms with E-state index in [2.05, 4.69) is 22.8 Å². The first-order valence-corrected chi connectivity index (χ1v) is 10.2. The zero-order valence-corrected chi connectivity index (χ0v) is 16.6. The van der Waals surface area contributed by atoms with Crippen LogP contribution in [-0.2, 0) is 17.7 Å². The van der Waals surface area contributed by atoms with Crippen molar-refractivity contribution in [3.8, 4) is 5.75 Å². The summed E-state index contributed by atoms with van der Waals surface area (Å²) < 4.78 is 10.7. The number of ether oxygens (including phenoxy) is 2. The molecule has 2 aromatic carbocycles. The van der Waals surface area contributed by atoms with E-state index in [4.69, 9.17) is 9.47 Å². The summed E-state index contributed by atoms with van der Waals surface area (Å²) in [6.45, 7) is 0.810. The maximum atomic E-state index is 12.3. The molecule has 29 heavy (non-hydrogen) atoms. The van der Waals surface area contributed by atoms with Gasteiger partial charge in [0.2, 0.25) is 0 Å². The summed E-state index contributed by atoms with van der Waals surface area (Å²) >= 11 is 0. The molecule has 3 atom stereocenters. The molecule has 1 amide bonds. The largest absolute Gasteiger partial charge is 0.497 e. The smallest absolute Gasteiger partial charge is 0.407 e. The lowest BCUT2D eigenvalue weighted by atomic mass is 10.0. The summed E-state index contributed by atoms with van der Waals surface area (Å²) in [5, 5.41) is 16.3. The molecule has 1 heterocycles. The quantitative estimate of drug-likeness (QED) is 0.671. The molecule has 0 spiro atoms. The number of β-amino-alcohol motifs (C(OH)–C–C–N with tert-alkyl or cyclic N) is 1. The number of methoxy groups -OCH3 is 1. The number of nitrogens with one attached hydrogen (secondary N) is 2. The Morgan fingerprint density at radius 3 is 2.45 bits per heavy atom. The first-order chi connectivity index (χ1) is 14.1. The molecule has 154 valence electrons. The lowest BCUT2D eigenvalue weighted by molar-refractivity contribution is 0.0188. The zero-order valence-electron chi connectivity index (χ0n) is 16.6. The molecule has 1 saturated heterocycles. The number of amides is 1. The van der Waals surface area contributed by atoms with Gasteiger partial charge in [-0.25, -0.2) is 4.79 Å². The topological polar surface area (TPSA) is 79.8 Å². The van der Waals surface area contributed by atoms with Crippen LogP contribution in [0.15, 0.2) is 48.5 Å². The van der Waals surface area contributed by atoms with Crippen LogP contribution in [0.25, 0.3) is 0 Å². The summed E-state index contributed by atoms with van der Waals surface area (Å²) in [5.74, 6) is 1.52. The van der Waals surface area contributed by atoms with E-state index in [0.717, 1.165) is 22.8 Å². The van der Waals surface area contributed by atoms with E-state index in [1.807, 2.05) is 36.4 Å². The Labute approximate surface area is 171 Å². The number of carbonyl (C=O) groups excluding carboxylic acids is 1. The van der Waals surface area contributed by atoms with E-state index in [-0.39, 0.29) is 6.04 Å². The van der Waals surface area contributed by atoms with E-state index in [1.54, 1.807) is 7.11 Å². The molecule has 3 N–H and O–H groups in total. The van der Waals surface area contributed by atoms with Gasteiger partial charge in [-0.3, -0.25) is 0 Å². The van der Waals surface area contributed by atoms with Gasteiger partial charge >= 0.3 is 6.09 Å². The molecule has 4 rings (SSSR count). The Hall–Kier alpha value is -2.57. The number of carbonyl (C=O) groups is 1. The lowest BCUT2D eigenvalue weighted by Gasteiger charge is -2.22. The van der Waals surface area contributed by atoms with E-state index in [1.165, 1.54) is 18.4 Å². The summed E-state index contributed by atoms with van der Waals surface area (Å²) in [5.41, 5.74) is 3.49. The van der Waals surface area contributed by atoms with Crippen LogP contribution in [0.5, 0.6) is 5.75 Å².